The molecule has 0 radical (unpaired) electrons. The van der Waals surface area contributed by atoms with E-state index in [1.807, 2.05) is 24.4 Å². The van der Waals surface area contributed by atoms with E-state index < -0.39 is 60.5 Å². The van der Waals surface area contributed by atoms with E-state index >= 15 is 0 Å². The Labute approximate surface area is 531 Å². The number of nitrogens with two attached hydrogens (primary N) is 1. The molecule has 3 aromatic carbocycles. The molecule has 4 aromatic rings. The smallest absolute Gasteiger partial charge is 0.417 e. The molecule has 4 saturated heterocycles. The van der Waals surface area contributed by atoms with Gasteiger partial charge in [0.1, 0.15) is 30.1 Å². The molecule has 25 nitrogen and oxygen atoms in total. The number of amides is 4. The number of nitrogens with zero attached hydrogens (tertiary/aromatic N) is 7. The van der Waals surface area contributed by atoms with Crippen molar-refractivity contribution in [2.24, 2.45) is 5.73 Å². The molecule has 91 heavy (non-hydrogen) atoms. The Balaban J connectivity index is 0.990. The SMILES string of the molecule is C=C1C[C@H]2C(OC3CCCCO3)N(C(=O)OC(C)(C)C)c3cc(OCc4cc(COc5cc6c(cc5OC)C(=O)N5CC(=C)C[C@H]5[C@H](OC5CCCCO5)N6C(=O)OC(C)(C)C)cc(-c5cn(CCOCCOCCOCCN)nn5)c4)c(OC)cc3C(=O)N2C1. The summed E-state index contributed by atoms with van der Waals surface area (Å²) in [6.07, 6.45) is 2.45. The van der Waals surface area contributed by atoms with Crippen LogP contribution in [0.3, 0.4) is 0 Å². The Morgan fingerprint density at radius 3 is 1.51 bits per heavy atom. The number of fused-ring (bicyclic) bond motifs is 4. The van der Waals surface area contributed by atoms with Crippen LogP contribution in [0.4, 0.5) is 21.0 Å². The van der Waals surface area contributed by atoms with Crippen molar-refractivity contribution in [3.63, 3.8) is 0 Å². The van der Waals surface area contributed by atoms with Gasteiger partial charge in [-0.2, -0.15) is 0 Å². The summed E-state index contributed by atoms with van der Waals surface area (Å²) in [6.45, 7) is 23.8. The summed E-state index contributed by atoms with van der Waals surface area (Å²) in [5, 5.41) is 9.01. The minimum atomic E-state index is -1.03. The number of hydrogen-bond acceptors (Lipinski definition) is 20. The molecule has 0 aliphatic carbocycles. The molecule has 2 N–H and O–H groups in total. The third kappa shape index (κ3) is 16.3. The molecular weight excluding hydrogens is 1180 g/mol. The molecule has 0 saturated carbocycles. The van der Waals surface area contributed by atoms with Crippen molar-refractivity contribution >= 4 is 35.4 Å². The van der Waals surface area contributed by atoms with Gasteiger partial charge >= 0.3 is 12.2 Å². The van der Waals surface area contributed by atoms with Crippen molar-refractivity contribution in [1.29, 1.82) is 0 Å². The summed E-state index contributed by atoms with van der Waals surface area (Å²) in [6, 6.07) is 10.9. The first-order chi connectivity index (χ1) is 43.7. The van der Waals surface area contributed by atoms with E-state index in [1.165, 1.54) is 24.0 Å². The zero-order valence-electron chi connectivity index (χ0n) is 53.7. The van der Waals surface area contributed by atoms with Gasteiger partial charge in [0.05, 0.1) is 101 Å². The maximum absolute atomic E-state index is 14.8. The minimum absolute atomic E-state index is 0.0741. The fourth-order valence-electron chi connectivity index (χ4n) is 11.9. The predicted octanol–water partition coefficient (Wildman–Crippen LogP) is 8.92. The Bertz CT molecular complexity index is 3080. The van der Waals surface area contributed by atoms with E-state index in [9.17, 15) is 19.2 Å². The van der Waals surface area contributed by atoms with Gasteiger partial charge in [0.25, 0.3) is 11.8 Å². The molecule has 494 valence electrons. The number of rotatable bonds is 24. The van der Waals surface area contributed by atoms with Crippen molar-refractivity contribution in [3.05, 3.63) is 95.2 Å². The summed E-state index contributed by atoms with van der Waals surface area (Å²) in [4.78, 5) is 65.4. The van der Waals surface area contributed by atoms with Crippen molar-refractivity contribution in [1.82, 2.24) is 24.8 Å². The topological polar surface area (TPSA) is 258 Å². The lowest BCUT2D eigenvalue weighted by molar-refractivity contribution is -0.196. The fourth-order valence-corrected chi connectivity index (χ4v) is 11.9. The minimum Gasteiger partial charge on any atom is -0.493 e. The van der Waals surface area contributed by atoms with E-state index in [1.54, 1.807) is 80.3 Å². The summed E-state index contributed by atoms with van der Waals surface area (Å²) in [5.74, 6) is 0.190. The first-order valence-corrected chi connectivity index (χ1v) is 31.4. The second-order valence-electron chi connectivity index (χ2n) is 25.4. The zero-order valence-corrected chi connectivity index (χ0v) is 53.7. The van der Waals surface area contributed by atoms with Gasteiger partial charge in [-0.1, -0.05) is 29.5 Å². The molecule has 6 aliphatic rings. The summed E-state index contributed by atoms with van der Waals surface area (Å²) >= 11 is 0. The summed E-state index contributed by atoms with van der Waals surface area (Å²) < 4.78 is 81.8. The van der Waals surface area contributed by atoms with Gasteiger partial charge in [-0.3, -0.25) is 9.59 Å². The van der Waals surface area contributed by atoms with Crippen LogP contribution >= 0.6 is 0 Å². The maximum Gasteiger partial charge on any atom is 0.417 e. The van der Waals surface area contributed by atoms with Crippen LogP contribution in [0.15, 0.2) is 73.0 Å². The normalized spacial score (nSPS) is 21.8. The third-order valence-electron chi connectivity index (χ3n) is 16.0. The van der Waals surface area contributed by atoms with Crippen LogP contribution in [0, 0.1) is 0 Å². The van der Waals surface area contributed by atoms with Crippen LogP contribution in [-0.2, 0) is 62.4 Å². The van der Waals surface area contributed by atoms with E-state index in [0.717, 1.165) is 36.8 Å². The van der Waals surface area contributed by atoms with Crippen LogP contribution < -0.4 is 34.5 Å². The Hall–Kier alpha value is -7.36. The molecule has 4 amide bonds. The lowest BCUT2D eigenvalue weighted by Gasteiger charge is -2.39. The van der Waals surface area contributed by atoms with E-state index in [4.69, 9.17) is 67.3 Å². The molecule has 0 spiro atoms. The van der Waals surface area contributed by atoms with Crippen LogP contribution in [-0.4, -0.2) is 184 Å². The number of carbonyl (C=O) groups excluding carboxylic acids is 4. The lowest BCUT2D eigenvalue weighted by Crippen LogP contribution is -2.54. The number of carbonyl (C=O) groups is 4. The molecule has 6 aliphatic heterocycles. The number of aromatic nitrogens is 3. The summed E-state index contributed by atoms with van der Waals surface area (Å²) in [5.41, 5.74) is 8.51. The number of hydrogen-bond donors (Lipinski definition) is 1. The van der Waals surface area contributed by atoms with Gasteiger partial charge in [-0.15, -0.1) is 5.10 Å². The predicted molar refractivity (Wildman–Crippen MR) is 333 cm³/mol. The molecule has 4 fully saturated rings. The van der Waals surface area contributed by atoms with Gasteiger partial charge in [-0.25, -0.2) is 24.1 Å². The van der Waals surface area contributed by atoms with Crippen molar-refractivity contribution in [3.8, 4) is 34.3 Å². The van der Waals surface area contributed by atoms with Gasteiger partial charge in [0, 0.05) is 50.5 Å². The highest BCUT2D eigenvalue weighted by Gasteiger charge is 2.51. The standard InChI is InChI=1S/C66H88N8O17/c1-41-27-51-61(88-57-15-11-13-19-84-57)73(63(77)90-65(3,4)5)49-34-55(53(79-9)32-46(49)59(75)71(51)36-41)86-39-43-29-44(31-45(30-43)48-38-70(69-68-48)18-22-82-24-26-83-25-23-81-21-17-67)40-87-56-35-50-47(33-54(56)80-10)60(76)72-37-42(2)28-52(72)62(89-58-16-12-14-20-85-58)74(50)64(78)91-66(6,7)8/h29-35,38,51-52,57-58,61-62H,1-2,11-28,36-37,39-40,67H2,3-10H3/t51-,52-,57?,58?,61-,62?/m0/s1. The quantitative estimate of drug-likeness (QED) is 0.0507. The number of benzene rings is 3. The fraction of sp³-hybridized carbons (Fsp3) is 0.576. The molecule has 25 heteroatoms. The number of methoxy groups -OCH3 is 2. The monoisotopic (exact) mass is 1260 g/mol. The molecule has 0 bridgehead atoms. The number of anilines is 2. The molecule has 7 heterocycles. The van der Waals surface area contributed by atoms with Crippen LogP contribution in [0.25, 0.3) is 11.3 Å². The van der Waals surface area contributed by atoms with Crippen molar-refractivity contribution in [2.45, 2.75) is 161 Å². The van der Waals surface area contributed by atoms with Crippen LogP contribution in [0.5, 0.6) is 23.0 Å². The first-order valence-electron chi connectivity index (χ1n) is 31.4. The van der Waals surface area contributed by atoms with Gasteiger partial charge in [-0.05, 0) is 134 Å². The van der Waals surface area contributed by atoms with E-state index in [0.29, 0.717) is 114 Å². The Morgan fingerprint density at radius 2 is 1.08 bits per heavy atom. The molecular formula is C66H88N8O17. The second-order valence-corrected chi connectivity index (χ2v) is 25.4. The van der Waals surface area contributed by atoms with Crippen LogP contribution in [0.1, 0.15) is 125 Å². The highest BCUT2D eigenvalue weighted by Crippen LogP contribution is 2.46. The lowest BCUT2D eigenvalue weighted by atomic mass is 10.0. The second kappa shape index (κ2) is 29.5. The average Bonchev–Trinajstić information content (AvgIpc) is 1.63. The molecule has 3 unspecified atom stereocenters. The van der Waals surface area contributed by atoms with Crippen molar-refractivity contribution in [2.75, 3.05) is 96.5 Å². The van der Waals surface area contributed by atoms with E-state index in [2.05, 4.69) is 23.5 Å². The first kappa shape index (κ1) is 66.6. The largest absolute Gasteiger partial charge is 0.493 e. The van der Waals surface area contributed by atoms with Gasteiger partial charge in [0.15, 0.2) is 48.0 Å². The van der Waals surface area contributed by atoms with Crippen molar-refractivity contribution < 1.29 is 80.8 Å². The third-order valence-corrected chi connectivity index (χ3v) is 16.0. The van der Waals surface area contributed by atoms with E-state index in [-0.39, 0.29) is 83.6 Å². The molecule has 6 atom stereocenters. The highest BCUT2D eigenvalue weighted by atomic mass is 16.7. The summed E-state index contributed by atoms with van der Waals surface area (Å²) in [7, 11) is 2.96. The molecule has 10 rings (SSSR count). The number of ether oxygens (including phenoxy) is 13. The Morgan fingerprint density at radius 1 is 0.615 bits per heavy atom. The maximum atomic E-state index is 14.8. The average molecular weight is 1270 g/mol. The Kier molecular flexibility index (Phi) is 21.6. The van der Waals surface area contributed by atoms with Gasteiger partial charge < -0.3 is 77.1 Å². The zero-order chi connectivity index (χ0) is 64.6. The van der Waals surface area contributed by atoms with Gasteiger partial charge in [0.2, 0.25) is 0 Å². The van der Waals surface area contributed by atoms with Crippen LogP contribution in [0.2, 0.25) is 0 Å². The highest BCUT2D eigenvalue weighted by molar-refractivity contribution is 6.07. The molecule has 1 aromatic heterocycles.